The molecule has 6 heteroatoms. The second kappa shape index (κ2) is 6.68. The van der Waals surface area contributed by atoms with Gasteiger partial charge in [0.05, 0.1) is 0 Å². The summed E-state index contributed by atoms with van der Waals surface area (Å²) in [7, 11) is -6.00. The minimum atomic E-state index is -6.00. The molecule has 1 heterocycles. The molecule has 2 aromatic carbocycles. The molecule has 0 spiro atoms. The van der Waals surface area contributed by atoms with Gasteiger partial charge < -0.3 is 21.8 Å². The van der Waals surface area contributed by atoms with Crippen LogP contribution in [0.25, 0.3) is 22.2 Å². The first-order valence-electron chi connectivity index (χ1n) is 6.91. The molecular weight excluding hydrogens is 293 g/mol. The molecule has 0 saturated heterocycles. The maximum absolute atomic E-state index is 9.75. The molecule has 0 radical (unpaired) electrons. The van der Waals surface area contributed by atoms with Crippen LogP contribution in [-0.2, 0) is 6.54 Å². The SMILES string of the molecule is CCn1c(-c2ccccc2)cc2ccccc21.F[B-](F)(F)F. The quantitative estimate of drug-likeness (QED) is 0.427. The Morgan fingerprint density at radius 1 is 0.864 bits per heavy atom. The van der Waals surface area contributed by atoms with Crippen molar-refractivity contribution in [2.75, 3.05) is 0 Å². The van der Waals surface area contributed by atoms with E-state index < -0.39 is 7.25 Å². The molecule has 0 aliphatic rings. The summed E-state index contributed by atoms with van der Waals surface area (Å²) < 4.78 is 41.4. The largest absolute Gasteiger partial charge is 0.673 e. The molecule has 0 aliphatic heterocycles. The fourth-order valence-electron chi connectivity index (χ4n) is 2.40. The van der Waals surface area contributed by atoms with Crippen LogP contribution in [0.4, 0.5) is 17.3 Å². The zero-order valence-corrected chi connectivity index (χ0v) is 12.0. The molecule has 0 aliphatic carbocycles. The number of rotatable bonds is 2. The van der Waals surface area contributed by atoms with Gasteiger partial charge in [0.1, 0.15) is 0 Å². The van der Waals surface area contributed by atoms with Crippen LogP contribution in [0, 0.1) is 0 Å². The average molecular weight is 308 g/mol. The topological polar surface area (TPSA) is 4.93 Å². The van der Waals surface area contributed by atoms with Crippen LogP contribution in [0.3, 0.4) is 0 Å². The molecule has 0 bridgehead atoms. The molecule has 22 heavy (non-hydrogen) atoms. The number of hydrogen-bond acceptors (Lipinski definition) is 0. The van der Waals surface area contributed by atoms with Gasteiger partial charge in [0.25, 0.3) is 0 Å². The minimum absolute atomic E-state index is 0.998. The van der Waals surface area contributed by atoms with Gasteiger partial charge in [-0.2, -0.15) is 0 Å². The van der Waals surface area contributed by atoms with Gasteiger partial charge in [-0.1, -0.05) is 48.5 Å². The summed E-state index contributed by atoms with van der Waals surface area (Å²) in [5.74, 6) is 0. The van der Waals surface area contributed by atoms with Gasteiger partial charge in [0.15, 0.2) is 0 Å². The molecule has 116 valence electrons. The number of fused-ring (bicyclic) bond motifs is 1. The molecule has 0 fully saturated rings. The molecule has 3 rings (SSSR count). The van der Waals surface area contributed by atoms with Crippen LogP contribution in [0.1, 0.15) is 6.92 Å². The monoisotopic (exact) mass is 308 g/mol. The first-order chi connectivity index (χ1) is 10.4. The van der Waals surface area contributed by atoms with E-state index in [2.05, 4.69) is 72.2 Å². The Labute approximate surface area is 126 Å². The third-order valence-corrected chi connectivity index (χ3v) is 3.20. The minimum Gasteiger partial charge on any atom is -0.418 e. The van der Waals surface area contributed by atoms with Gasteiger partial charge in [-0.3, -0.25) is 0 Å². The highest BCUT2D eigenvalue weighted by Crippen LogP contribution is 2.27. The Balaban J connectivity index is 0.000000309. The number of nitrogens with zero attached hydrogens (tertiary/aromatic N) is 1. The number of benzene rings is 2. The van der Waals surface area contributed by atoms with E-state index in [1.54, 1.807) is 0 Å². The highest BCUT2D eigenvalue weighted by atomic mass is 19.5. The normalized spacial score (nSPS) is 11.1. The molecule has 0 saturated carbocycles. The summed E-state index contributed by atoms with van der Waals surface area (Å²) in [6, 6.07) is 21.4. The van der Waals surface area contributed by atoms with Crippen molar-refractivity contribution in [3.63, 3.8) is 0 Å². The Morgan fingerprint density at radius 3 is 2.00 bits per heavy atom. The molecule has 3 aromatic rings. The third-order valence-electron chi connectivity index (χ3n) is 3.20. The van der Waals surface area contributed by atoms with E-state index in [4.69, 9.17) is 0 Å². The summed E-state index contributed by atoms with van der Waals surface area (Å²) in [5, 5.41) is 1.31. The van der Waals surface area contributed by atoms with Crippen LogP contribution in [0.2, 0.25) is 0 Å². The van der Waals surface area contributed by atoms with Crippen molar-refractivity contribution in [1.29, 1.82) is 0 Å². The van der Waals surface area contributed by atoms with E-state index in [0.29, 0.717) is 0 Å². The van der Waals surface area contributed by atoms with E-state index in [-0.39, 0.29) is 0 Å². The maximum atomic E-state index is 9.75. The van der Waals surface area contributed by atoms with Crippen LogP contribution in [-0.4, -0.2) is 11.8 Å². The Kier molecular flexibility index (Phi) is 4.90. The third kappa shape index (κ3) is 4.13. The smallest absolute Gasteiger partial charge is 0.418 e. The molecule has 1 nitrogen and oxygen atoms in total. The van der Waals surface area contributed by atoms with E-state index in [0.717, 1.165) is 6.54 Å². The van der Waals surface area contributed by atoms with E-state index in [1.165, 1.54) is 22.2 Å². The summed E-state index contributed by atoms with van der Waals surface area (Å²) in [5.41, 5.74) is 3.90. The highest BCUT2D eigenvalue weighted by Gasteiger charge is 2.20. The molecular formula is C16H15BF4N-. The lowest BCUT2D eigenvalue weighted by Gasteiger charge is -2.07. The van der Waals surface area contributed by atoms with Crippen molar-refractivity contribution < 1.29 is 17.3 Å². The van der Waals surface area contributed by atoms with Crippen LogP contribution in [0.5, 0.6) is 0 Å². The van der Waals surface area contributed by atoms with Crippen molar-refractivity contribution in [3.8, 4) is 11.3 Å². The maximum Gasteiger partial charge on any atom is 0.673 e. The standard InChI is InChI=1S/C16H15N.BF4/c1-2-17-15-11-7-6-10-14(15)12-16(17)13-8-4-3-5-9-13;2-1(3,4)5/h3-12H,2H2,1H3;/q;-1. The van der Waals surface area contributed by atoms with Crippen LogP contribution >= 0.6 is 0 Å². The fraction of sp³-hybridized carbons (Fsp3) is 0.125. The van der Waals surface area contributed by atoms with E-state index in [9.17, 15) is 17.3 Å². The first-order valence-corrected chi connectivity index (χ1v) is 6.91. The lowest BCUT2D eigenvalue weighted by molar-refractivity contribution is 0.368. The van der Waals surface area contributed by atoms with E-state index >= 15 is 0 Å². The Hall–Kier alpha value is -2.24. The van der Waals surface area contributed by atoms with Crippen LogP contribution in [0.15, 0.2) is 60.7 Å². The van der Waals surface area contributed by atoms with Crippen molar-refractivity contribution in [3.05, 3.63) is 60.7 Å². The Morgan fingerprint density at radius 2 is 1.41 bits per heavy atom. The predicted molar refractivity (Wildman–Crippen MR) is 83.2 cm³/mol. The molecule has 0 amide bonds. The molecule has 0 unspecified atom stereocenters. The van der Waals surface area contributed by atoms with Crippen LogP contribution < -0.4 is 0 Å². The zero-order valence-electron chi connectivity index (χ0n) is 12.0. The zero-order chi connectivity index (χ0) is 16.2. The molecule has 1 aromatic heterocycles. The number of aromatic nitrogens is 1. The number of halogens is 4. The van der Waals surface area contributed by atoms with Gasteiger partial charge in [-0.05, 0) is 24.6 Å². The lowest BCUT2D eigenvalue weighted by Crippen LogP contribution is -2.02. The van der Waals surface area contributed by atoms with Gasteiger partial charge in [0, 0.05) is 23.1 Å². The van der Waals surface area contributed by atoms with E-state index in [1.807, 2.05) is 0 Å². The van der Waals surface area contributed by atoms with Gasteiger partial charge in [0.2, 0.25) is 0 Å². The predicted octanol–water partition coefficient (Wildman–Crippen LogP) is 5.63. The second-order valence-electron chi connectivity index (χ2n) is 4.69. The summed E-state index contributed by atoms with van der Waals surface area (Å²) >= 11 is 0. The second-order valence-corrected chi connectivity index (χ2v) is 4.69. The van der Waals surface area contributed by atoms with Crippen molar-refractivity contribution >= 4 is 18.2 Å². The van der Waals surface area contributed by atoms with Gasteiger partial charge >= 0.3 is 7.25 Å². The number of para-hydroxylation sites is 1. The molecule has 0 N–H and O–H groups in total. The fourth-order valence-corrected chi connectivity index (χ4v) is 2.40. The van der Waals surface area contributed by atoms with Crippen molar-refractivity contribution in [1.82, 2.24) is 4.57 Å². The highest BCUT2D eigenvalue weighted by molar-refractivity contribution is 6.50. The summed E-state index contributed by atoms with van der Waals surface area (Å²) in [4.78, 5) is 0. The summed E-state index contributed by atoms with van der Waals surface area (Å²) in [6.07, 6.45) is 0. The number of aryl methyl sites for hydroxylation is 1. The van der Waals surface area contributed by atoms with Gasteiger partial charge in [-0.15, -0.1) is 0 Å². The van der Waals surface area contributed by atoms with Crippen molar-refractivity contribution in [2.24, 2.45) is 0 Å². The lowest BCUT2D eigenvalue weighted by atomic mass is 10.1. The summed E-state index contributed by atoms with van der Waals surface area (Å²) in [6.45, 7) is 3.19. The first kappa shape index (κ1) is 16.1. The van der Waals surface area contributed by atoms with Crippen molar-refractivity contribution in [2.45, 2.75) is 13.5 Å². The average Bonchev–Trinajstić information content (AvgIpc) is 2.85. The molecule has 0 atom stereocenters. The number of hydrogen-bond donors (Lipinski definition) is 0. The van der Waals surface area contributed by atoms with Gasteiger partial charge in [-0.25, -0.2) is 0 Å². The Bertz CT molecular complexity index is 729.